The molecule has 0 atom stereocenters. The SMILES string of the molecule is C1=C/C=C/CCCCCCCC/C=C/C=C1. The average molecular weight is 216 g/mol. The predicted octanol–water partition coefficient (Wildman–Crippen LogP) is 5.35. The first-order chi connectivity index (χ1) is 8.00. The Morgan fingerprint density at radius 2 is 0.750 bits per heavy atom. The van der Waals surface area contributed by atoms with Crippen LogP contribution in [0.3, 0.4) is 0 Å². The molecule has 0 aromatic rings. The van der Waals surface area contributed by atoms with Crippen LogP contribution in [0.25, 0.3) is 0 Å². The van der Waals surface area contributed by atoms with Crippen LogP contribution in [-0.4, -0.2) is 0 Å². The summed E-state index contributed by atoms with van der Waals surface area (Å²) in [6.45, 7) is 0. The standard InChI is InChI=1S/C16H24/c1-2-4-6-8-10-12-14-16-15-13-11-9-7-5-3-1/h1-8H,9-16H2/b3-1?,4-2?,7-5+,8-6+. The Morgan fingerprint density at radius 3 is 1.25 bits per heavy atom. The van der Waals surface area contributed by atoms with Crippen molar-refractivity contribution in [1.82, 2.24) is 0 Å². The van der Waals surface area contributed by atoms with Crippen LogP contribution in [0.1, 0.15) is 51.4 Å². The highest BCUT2D eigenvalue weighted by Crippen LogP contribution is 2.09. The summed E-state index contributed by atoms with van der Waals surface area (Å²) >= 11 is 0. The van der Waals surface area contributed by atoms with E-state index in [0.717, 1.165) is 0 Å². The van der Waals surface area contributed by atoms with Gasteiger partial charge in [-0.15, -0.1) is 0 Å². The molecule has 0 unspecified atom stereocenters. The van der Waals surface area contributed by atoms with Gasteiger partial charge in [0.05, 0.1) is 0 Å². The van der Waals surface area contributed by atoms with Crippen LogP contribution in [0.4, 0.5) is 0 Å². The molecule has 0 saturated heterocycles. The molecule has 0 N–H and O–H groups in total. The summed E-state index contributed by atoms with van der Waals surface area (Å²) in [6.07, 6.45) is 28.0. The molecule has 0 aromatic carbocycles. The van der Waals surface area contributed by atoms with E-state index >= 15 is 0 Å². The highest BCUT2D eigenvalue weighted by atomic mass is 14.0. The summed E-state index contributed by atoms with van der Waals surface area (Å²) in [5.41, 5.74) is 0. The van der Waals surface area contributed by atoms with Crippen LogP contribution >= 0.6 is 0 Å². The fraction of sp³-hybridized carbons (Fsp3) is 0.500. The quantitative estimate of drug-likeness (QED) is 0.512. The Balaban J connectivity index is 2.31. The van der Waals surface area contributed by atoms with Gasteiger partial charge in [0.15, 0.2) is 0 Å². The van der Waals surface area contributed by atoms with Crippen molar-refractivity contribution in [3.63, 3.8) is 0 Å². The molecule has 0 fully saturated rings. The maximum atomic E-state index is 2.27. The van der Waals surface area contributed by atoms with E-state index in [0.29, 0.717) is 0 Å². The highest BCUT2D eigenvalue weighted by Gasteiger charge is 1.89. The van der Waals surface area contributed by atoms with Crippen LogP contribution in [0.2, 0.25) is 0 Å². The lowest BCUT2D eigenvalue weighted by Gasteiger charge is -1.99. The Bertz CT molecular complexity index is 225. The second-order valence-corrected chi connectivity index (χ2v) is 4.32. The first-order valence-electron chi connectivity index (χ1n) is 6.65. The van der Waals surface area contributed by atoms with E-state index in [1.807, 2.05) is 0 Å². The molecule has 0 nitrogen and oxygen atoms in total. The molecule has 1 rings (SSSR count). The van der Waals surface area contributed by atoms with Crippen LogP contribution in [0.5, 0.6) is 0 Å². The maximum absolute atomic E-state index is 2.27. The average Bonchev–Trinajstić information content (AvgIpc) is 2.29. The van der Waals surface area contributed by atoms with Gasteiger partial charge in [0, 0.05) is 0 Å². The van der Waals surface area contributed by atoms with Gasteiger partial charge in [0.1, 0.15) is 0 Å². The molecule has 0 aliphatic heterocycles. The highest BCUT2D eigenvalue weighted by molar-refractivity contribution is 5.15. The van der Waals surface area contributed by atoms with E-state index in [9.17, 15) is 0 Å². The van der Waals surface area contributed by atoms with Crippen molar-refractivity contribution in [3.8, 4) is 0 Å². The summed E-state index contributed by atoms with van der Waals surface area (Å²) in [5, 5.41) is 0. The summed E-state index contributed by atoms with van der Waals surface area (Å²) < 4.78 is 0. The molecule has 0 radical (unpaired) electrons. The molecular weight excluding hydrogens is 192 g/mol. The van der Waals surface area contributed by atoms with Gasteiger partial charge in [-0.25, -0.2) is 0 Å². The lowest BCUT2D eigenvalue weighted by Crippen LogP contribution is -1.79. The molecule has 1 aliphatic carbocycles. The third kappa shape index (κ3) is 8.28. The van der Waals surface area contributed by atoms with E-state index in [2.05, 4.69) is 48.6 Å². The van der Waals surface area contributed by atoms with Gasteiger partial charge in [-0.05, 0) is 25.7 Å². The summed E-state index contributed by atoms with van der Waals surface area (Å²) in [4.78, 5) is 0. The summed E-state index contributed by atoms with van der Waals surface area (Å²) in [5.74, 6) is 0. The van der Waals surface area contributed by atoms with Gasteiger partial charge in [-0.1, -0.05) is 74.3 Å². The Hall–Kier alpha value is -1.04. The minimum Gasteiger partial charge on any atom is -0.0845 e. The zero-order valence-corrected chi connectivity index (χ0v) is 10.3. The molecule has 0 amide bonds. The predicted molar refractivity (Wildman–Crippen MR) is 73.5 cm³/mol. The molecule has 0 aromatic heterocycles. The largest absolute Gasteiger partial charge is 0.0845 e. The van der Waals surface area contributed by atoms with Crippen LogP contribution in [0, 0.1) is 0 Å². The van der Waals surface area contributed by atoms with Crippen LogP contribution in [-0.2, 0) is 0 Å². The number of hydrogen-bond acceptors (Lipinski definition) is 0. The fourth-order valence-corrected chi connectivity index (χ4v) is 1.84. The lowest BCUT2D eigenvalue weighted by atomic mass is 10.1. The van der Waals surface area contributed by atoms with E-state index in [4.69, 9.17) is 0 Å². The molecule has 0 heterocycles. The molecule has 0 saturated carbocycles. The van der Waals surface area contributed by atoms with Crippen molar-refractivity contribution in [3.05, 3.63) is 48.6 Å². The Kier molecular flexibility index (Phi) is 8.53. The number of hydrogen-bond donors (Lipinski definition) is 0. The second kappa shape index (κ2) is 10.5. The Labute approximate surface area is 100 Å². The normalized spacial score (nSPS) is 24.0. The molecule has 0 spiro atoms. The summed E-state index contributed by atoms with van der Waals surface area (Å²) in [7, 11) is 0. The van der Waals surface area contributed by atoms with Gasteiger partial charge < -0.3 is 0 Å². The summed E-state index contributed by atoms with van der Waals surface area (Å²) in [6, 6.07) is 0. The fourth-order valence-electron chi connectivity index (χ4n) is 1.84. The first kappa shape index (κ1) is 13.0. The second-order valence-electron chi connectivity index (χ2n) is 4.32. The van der Waals surface area contributed by atoms with E-state index < -0.39 is 0 Å². The van der Waals surface area contributed by atoms with E-state index in [1.54, 1.807) is 0 Å². The minimum atomic E-state index is 1.23. The minimum absolute atomic E-state index is 1.23. The van der Waals surface area contributed by atoms with Crippen molar-refractivity contribution in [1.29, 1.82) is 0 Å². The number of rotatable bonds is 0. The van der Waals surface area contributed by atoms with Gasteiger partial charge in [0.2, 0.25) is 0 Å². The molecule has 1 aliphatic rings. The smallest absolute Gasteiger partial charge is 0.0348 e. The van der Waals surface area contributed by atoms with Gasteiger partial charge in [-0.2, -0.15) is 0 Å². The third-order valence-electron chi connectivity index (χ3n) is 2.82. The van der Waals surface area contributed by atoms with Gasteiger partial charge in [-0.3, -0.25) is 0 Å². The zero-order valence-electron chi connectivity index (χ0n) is 10.3. The van der Waals surface area contributed by atoms with Crippen molar-refractivity contribution >= 4 is 0 Å². The van der Waals surface area contributed by atoms with Crippen molar-refractivity contribution in [2.45, 2.75) is 51.4 Å². The topological polar surface area (TPSA) is 0 Å². The van der Waals surface area contributed by atoms with Crippen LogP contribution in [0.15, 0.2) is 48.6 Å². The van der Waals surface area contributed by atoms with Gasteiger partial charge >= 0.3 is 0 Å². The molecule has 0 heteroatoms. The van der Waals surface area contributed by atoms with E-state index in [1.165, 1.54) is 51.4 Å². The molecule has 16 heavy (non-hydrogen) atoms. The van der Waals surface area contributed by atoms with Crippen molar-refractivity contribution < 1.29 is 0 Å². The van der Waals surface area contributed by atoms with E-state index in [-0.39, 0.29) is 0 Å². The third-order valence-corrected chi connectivity index (χ3v) is 2.82. The molecule has 0 bridgehead atoms. The maximum Gasteiger partial charge on any atom is -0.0348 e. The monoisotopic (exact) mass is 216 g/mol. The zero-order chi connectivity index (χ0) is 11.3. The lowest BCUT2D eigenvalue weighted by molar-refractivity contribution is 0.600. The van der Waals surface area contributed by atoms with Crippen molar-refractivity contribution in [2.24, 2.45) is 0 Å². The van der Waals surface area contributed by atoms with Crippen molar-refractivity contribution in [2.75, 3.05) is 0 Å². The van der Waals surface area contributed by atoms with Crippen LogP contribution < -0.4 is 0 Å². The Morgan fingerprint density at radius 1 is 0.375 bits per heavy atom. The molecular formula is C16H24. The number of allylic oxidation sites excluding steroid dienone is 8. The first-order valence-corrected chi connectivity index (χ1v) is 6.65. The van der Waals surface area contributed by atoms with Gasteiger partial charge in [0.25, 0.3) is 0 Å². The molecule has 88 valence electrons.